The minimum atomic E-state index is -3.71. The lowest BCUT2D eigenvalue weighted by Gasteiger charge is -2.04. The molecule has 2 rings (SSSR count). The van der Waals surface area contributed by atoms with Gasteiger partial charge in [-0.1, -0.05) is 24.3 Å². The van der Waals surface area contributed by atoms with Gasteiger partial charge in [0.25, 0.3) is 10.0 Å². The molecule has 1 N–H and O–H groups in total. The Balaban J connectivity index is 2.00. The quantitative estimate of drug-likeness (QED) is 0.473. The Morgan fingerprint density at radius 3 is 2.39 bits per heavy atom. The molecule has 5 nitrogen and oxygen atoms in total. The predicted molar refractivity (Wildman–Crippen MR) is 91.5 cm³/mol. The molecule has 0 atom stereocenters. The summed E-state index contributed by atoms with van der Waals surface area (Å²) in [7, 11) is -3.71. The van der Waals surface area contributed by atoms with E-state index in [0.717, 1.165) is 5.56 Å². The summed E-state index contributed by atoms with van der Waals surface area (Å²) < 4.78 is 29.4. The molecule has 0 saturated heterocycles. The molecule has 0 bridgehead atoms. The monoisotopic (exact) mass is 350 g/mol. The van der Waals surface area contributed by atoms with Crippen molar-refractivity contribution in [3.63, 3.8) is 0 Å². The van der Waals surface area contributed by atoms with Gasteiger partial charge in [0.1, 0.15) is 12.4 Å². The zero-order chi connectivity index (χ0) is 16.7. The van der Waals surface area contributed by atoms with Crippen LogP contribution in [-0.4, -0.2) is 21.2 Å². The number of hydrogen-bond acceptors (Lipinski definition) is 4. The number of hydrogen-bond donors (Lipinski definition) is 1. The zero-order valence-corrected chi connectivity index (χ0v) is 13.7. The molecule has 23 heavy (non-hydrogen) atoms. The Morgan fingerprint density at radius 2 is 1.78 bits per heavy atom. The van der Waals surface area contributed by atoms with Gasteiger partial charge >= 0.3 is 0 Å². The van der Waals surface area contributed by atoms with Crippen molar-refractivity contribution in [2.45, 2.75) is 4.90 Å². The van der Waals surface area contributed by atoms with E-state index in [1.165, 1.54) is 30.5 Å². The van der Waals surface area contributed by atoms with Gasteiger partial charge in [-0.2, -0.15) is 13.5 Å². The third-order valence-electron chi connectivity index (χ3n) is 2.76. The number of hydrazone groups is 1. The van der Waals surface area contributed by atoms with Crippen LogP contribution in [-0.2, 0) is 10.0 Å². The van der Waals surface area contributed by atoms with Gasteiger partial charge in [-0.3, -0.25) is 0 Å². The summed E-state index contributed by atoms with van der Waals surface area (Å²) in [5.74, 6) is 0.698. The van der Waals surface area contributed by atoms with Crippen molar-refractivity contribution in [3.8, 4) is 5.75 Å². The maximum Gasteiger partial charge on any atom is 0.276 e. The van der Waals surface area contributed by atoms with Gasteiger partial charge in [-0.05, 0) is 54.1 Å². The smallest absolute Gasteiger partial charge is 0.276 e. The zero-order valence-electron chi connectivity index (χ0n) is 12.1. The molecular weight excluding hydrogens is 336 g/mol. The number of nitrogens with zero attached hydrogens (tertiary/aromatic N) is 1. The summed E-state index contributed by atoms with van der Waals surface area (Å²) in [4.78, 5) is 2.24. The average Bonchev–Trinajstić information content (AvgIpc) is 2.54. The first kappa shape index (κ1) is 17.1. The Hall–Kier alpha value is -2.31. The molecule has 0 heterocycles. The van der Waals surface area contributed by atoms with Crippen molar-refractivity contribution in [2.75, 3.05) is 6.61 Å². The van der Waals surface area contributed by atoms with Gasteiger partial charge in [0, 0.05) is 5.02 Å². The molecule has 0 unspecified atom stereocenters. The fourth-order valence-electron chi connectivity index (χ4n) is 1.64. The van der Waals surface area contributed by atoms with Crippen molar-refractivity contribution in [1.82, 2.24) is 4.83 Å². The predicted octanol–water partition coefficient (Wildman–Crippen LogP) is 3.22. The second kappa shape index (κ2) is 7.80. The van der Waals surface area contributed by atoms with E-state index in [4.69, 9.17) is 16.3 Å². The molecule has 0 amide bonds. The van der Waals surface area contributed by atoms with Crippen LogP contribution in [0.5, 0.6) is 5.75 Å². The highest BCUT2D eigenvalue weighted by atomic mass is 35.5. The molecule has 2 aromatic carbocycles. The lowest BCUT2D eigenvalue weighted by Crippen LogP contribution is -2.18. The van der Waals surface area contributed by atoms with Crippen LogP contribution in [0.25, 0.3) is 0 Å². The van der Waals surface area contributed by atoms with Crippen LogP contribution in [0.4, 0.5) is 0 Å². The minimum Gasteiger partial charge on any atom is -0.490 e. The van der Waals surface area contributed by atoms with Gasteiger partial charge < -0.3 is 4.74 Å². The summed E-state index contributed by atoms with van der Waals surface area (Å²) in [6, 6.07) is 12.9. The van der Waals surface area contributed by atoms with Crippen LogP contribution in [0.15, 0.2) is 71.2 Å². The molecule has 0 aromatic heterocycles. The van der Waals surface area contributed by atoms with E-state index in [0.29, 0.717) is 17.4 Å². The van der Waals surface area contributed by atoms with Crippen LogP contribution >= 0.6 is 11.6 Å². The standard InChI is InChI=1S/C16H15ClN2O3S/c1-2-11-22-15-7-3-13(4-8-15)12-18-19-23(20,21)16-9-5-14(17)6-10-16/h2-10,12,19H,1,11H2/b18-12-. The lowest BCUT2D eigenvalue weighted by molar-refractivity contribution is 0.363. The number of sulfonamides is 1. The fraction of sp³-hybridized carbons (Fsp3) is 0.0625. The summed E-state index contributed by atoms with van der Waals surface area (Å²) in [5.41, 5.74) is 0.731. The molecule has 0 spiro atoms. The van der Waals surface area contributed by atoms with Gasteiger partial charge in [0.2, 0.25) is 0 Å². The Labute approximate surface area is 140 Å². The SMILES string of the molecule is C=CCOc1ccc(/C=N\NS(=O)(=O)c2ccc(Cl)cc2)cc1. The van der Waals surface area contributed by atoms with E-state index < -0.39 is 10.0 Å². The molecular formula is C16H15ClN2O3S. The molecule has 0 aliphatic carbocycles. The van der Waals surface area contributed by atoms with Crippen LogP contribution in [0.1, 0.15) is 5.56 Å². The van der Waals surface area contributed by atoms with Crippen molar-refractivity contribution < 1.29 is 13.2 Å². The maximum atomic E-state index is 12.0. The summed E-state index contributed by atoms with van der Waals surface area (Å²) in [6.07, 6.45) is 3.06. The molecule has 120 valence electrons. The van der Waals surface area contributed by atoms with Crippen LogP contribution < -0.4 is 9.57 Å². The lowest BCUT2D eigenvalue weighted by atomic mass is 10.2. The number of rotatable bonds is 7. The highest BCUT2D eigenvalue weighted by molar-refractivity contribution is 7.89. The Bertz CT molecular complexity index is 785. The molecule has 0 radical (unpaired) electrons. The molecule has 0 aliphatic rings. The van der Waals surface area contributed by atoms with Gasteiger partial charge in [0.15, 0.2) is 0 Å². The third-order valence-corrected chi connectivity index (χ3v) is 4.25. The topological polar surface area (TPSA) is 67.8 Å². The average molecular weight is 351 g/mol. The van der Waals surface area contributed by atoms with Crippen LogP contribution in [0, 0.1) is 0 Å². The molecule has 0 saturated carbocycles. The van der Waals surface area contributed by atoms with Gasteiger partial charge in [0.05, 0.1) is 11.1 Å². The van der Waals surface area contributed by atoms with Crippen molar-refractivity contribution >= 4 is 27.8 Å². The summed E-state index contributed by atoms with van der Waals surface area (Å²) in [6.45, 7) is 3.99. The fourth-order valence-corrected chi connectivity index (χ4v) is 2.56. The normalized spacial score (nSPS) is 11.3. The summed E-state index contributed by atoms with van der Waals surface area (Å²) >= 11 is 5.73. The minimum absolute atomic E-state index is 0.0900. The largest absolute Gasteiger partial charge is 0.490 e. The summed E-state index contributed by atoms with van der Waals surface area (Å²) in [5, 5.41) is 4.22. The van der Waals surface area contributed by atoms with E-state index in [1.54, 1.807) is 30.3 Å². The molecule has 2 aromatic rings. The highest BCUT2D eigenvalue weighted by Crippen LogP contribution is 2.14. The van der Waals surface area contributed by atoms with Crippen LogP contribution in [0.3, 0.4) is 0 Å². The second-order valence-corrected chi connectivity index (χ2v) is 6.57. The van der Waals surface area contributed by atoms with E-state index in [9.17, 15) is 8.42 Å². The molecule has 0 fully saturated rings. The first-order valence-electron chi connectivity index (χ1n) is 6.65. The first-order chi connectivity index (χ1) is 11.0. The number of halogens is 1. The van der Waals surface area contributed by atoms with Gasteiger partial charge in [-0.15, -0.1) is 0 Å². The molecule has 7 heteroatoms. The molecule has 0 aliphatic heterocycles. The highest BCUT2D eigenvalue weighted by Gasteiger charge is 2.11. The second-order valence-electron chi connectivity index (χ2n) is 4.48. The maximum absolute atomic E-state index is 12.0. The Kier molecular flexibility index (Phi) is 5.78. The van der Waals surface area contributed by atoms with Crippen molar-refractivity contribution in [1.29, 1.82) is 0 Å². The number of benzene rings is 2. The van der Waals surface area contributed by atoms with E-state index >= 15 is 0 Å². The Morgan fingerprint density at radius 1 is 1.13 bits per heavy atom. The van der Waals surface area contributed by atoms with Crippen molar-refractivity contribution in [3.05, 3.63) is 71.8 Å². The van der Waals surface area contributed by atoms with E-state index in [1.807, 2.05) is 0 Å². The number of nitrogens with one attached hydrogen (secondary N) is 1. The third kappa shape index (κ3) is 5.12. The number of ether oxygens (including phenoxy) is 1. The van der Waals surface area contributed by atoms with E-state index in [2.05, 4.69) is 16.5 Å². The van der Waals surface area contributed by atoms with Crippen LogP contribution in [0.2, 0.25) is 5.02 Å². The first-order valence-corrected chi connectivity index (χ1v) is 8.51. The van der Waals surface area contributed by atoms with E-state index in [-0.39, 0.29) is 4.90 Å². The van der Waals surface area contributed by atoms with Crippen molar-refractivity contribution in [2.24, 2.45) is 5.10 Å². The van der Waals surface area contributed by atoms with Gasteiger partial charge in [-0.25, -0.2) is 4.83 Å².